The number of aliphatic hydroxyl groups is 1. The maximum atomic E-state index is 9.87. The molecule has 1 aromatic carbocycles. The molecule has 3 N–H and O–H groups in total. The topological polar surface area (TPSA) is 52.5 Å². The number of nitrogens with one attached hydrogen (secondary N) is 1. The van der Waals surface area contributed by atoms with Crippen LogP contribution in [-0.2, 0) is 6.42 Å². The van der Waals surface area contributed by atoms with Gasteiger partial charge in [-0.15, -0.1) is 0 Å². The van der Waals surface area contributed by atoms with Gasteiger partial charge in [0.1, 0.15) is 5.75 Å². The van der Waals surface area contributed by atoms with Gasteiger partial charge in [0, 0.05) is 18.4 Å². The normalized spacial score (nSPS) is 17.9. The average Bonchev–Trinajstić information content (AvgIpc) is 2.42. The number of likely N-dealkylation sites (tertiary alicyclic amines) is 1. The third kappa shape index (κ3) is 4.12. The number of aromatic hydroxyl groups is 1. The van der Waals surface area contributed by atoms with E-state index in [1.807, 2.05) is 12.1 Å². The smallest absolute Gasteiger partial charge is 0.120 e. The summed E-state index contributed by atoms with van der Waals surface area (Å²) in [5.74, 6) is 0.266. The molecule has 0 spiro atoms. The molecule has 0 radical (unpaired) electrons. The Kier molecular flexibility index (Phi) is 5.26. The van der Waals surface area contributed by atoms with Crippen LogP contribution in [0.25, 0.3) is 0 Å². The predicted molar refractivity (Wildman–Crippen MR) is 82.0 cm³/mol. The lowest BCUT2D eigenvalue weighted by Crippen LogP contribution is -2.50. The molecule has 4 nitrogen and oxygen atoms in total. The lowest BCUT2D eigenvalue weighted by atomic mass is 10.1. The van der Waals surface area contributed by atoms with Gasteiger partial charge < -0.3 is 20.0 Å². The van der Waals surface area contributed by atoms with E-state index in [-0.39, 0.29) is 12.4 Å². The average molecular weight is 279 g/mol. The minimum atomic E-state index is 0.0656. The summed E-state index contributed by atoms with van der Waals surface area (Å²) in [6, 6.07) is 5.60. The van der Waals surface area contributed by atoms with Crippen molar-refractivity contribution in [3.8, 4) is 5.75 Å². The van der Waals surface area contributed by atoms with Gasteiger partial charge in [-0.1, -0.05) is 6.07 Å². The number of benzene rings is 1. The maximum absolute atomic E-state index is 9.87. The second kappa shape index (κ2) is 6.95. The maximum Gasteiger partial charge on any atom is 0.120 e. The summed E-state index contributed by atoms with van der Waals surface area (Å²) in [5, 5.41) is 22.2. The first kappa shape index (κ1) is 15.1. The van der Waals surface area contributed by atoms with E-state index in [9.17, 15) is 5.11 Å². The van der Waals surface area contributed by atoms with Gasteiger partial charge in [-0.05, 0) is 37.3 Å². The zero-order valence-corrected chi connectivity index (χ0v) is 12.4. The largest absolute Gasteiger partial charge is 0.508 e. The van der Waals surface area contributed by atoms with Crippen molar-refractivity contribution in [1.29, 1.82) is 0 Å². The van der Waals surface area contributed by atoms with Crippen molar-refractivity contribution in [2.75, 3.05) is 45.2 Å². The Bertz CT molecular complexity index is 428. The van der Waals surface area contributed by atoms with E-state index in [2.05, 4.69) is 12.4 Å². The predicted octanol–water partition coefficient (Wildman–Crippen LogP) is 1.97. The van der Waals surface area contributed by atoms with Gasteiger partial charge in [-0.2, -0.15) is 0 Å². The highest BCUT2D eigenvalue weighted by molar-refractivity contribution is 5.51. The van der Waals surface area contributed by atoms with Crippen molar-refractivity contribution < 1.29 is 14.7 Å². The number of phenols is 1. The summed E-state index contributed by atoms with van der Waals surface area (Å²) in [7, 11) is 2.34. The minimum Gasteiger partial charge on any atom is -0.508 e. The van der Waals surface area contributed by atoms with Crippen LogP contribution in [0.2, 0.25) is 0 Å². The third-order valence-electron chi connectivity index (χ3n) is 4.34. The van der Waals surface area contributed by atoms with Crippen LogP contribution in [0.5, 0.6) is 5.75 Å². The molecule has 1 saturated heterocycles. The van der Waals surface area contributed by atoms with Gasteiger partial charge in [0.15, 0.2) is 0 Å². The second-order valence-corrected chi connectivity index (χ2v) is 6.09. The Morgan fingerprint density at radius 1 is 1.20 bits per heavy atom. The van der Waals surface area contributed by atoms with Gasteiger partial charge in [0.2, 0.25) is 0 Å². The molecule has 0 aromatic heterocycles. The summed E-state index contributed by atoms with van der Waals surface area (Å²) < 4.78 is 1.15. The number of aliphatic hydroxyl groups excluding tert-OH is 1. The molecule has 1 aromatic rings. The van der Waals surface area contributed by atoms with Crippen LogP contribution < -0.4 is 5.32 Å². The molecule has 112 valence electrons. The molecule has 0 saturated carbocycles. The van der Waals surface area contributed by atoms with Crippen molar-refractivity contribution >= 4 is 5.69 Å². The van der Waals surface area contributed by atoms with E-state index in [4.69, 9.17) is 5.11 Å². The van der Waals surface area contributed by atoms with Crippen LogP contribution in [0.15, 0.2) is 18.2 Å². The van der Waals surface area contributed by atoms with Crippen LogP contribution in [0.1, 0.15) is 24.8 Å². The van der Waals surface area contributed by atoms with Gasteiger partial charge in [-0.3, -0.25) is 0 Å². The van der Waals surface area contributed by atoms with Crippen LogP contribution in [0, 0.1) is 0 Å². The molecule has 0 atom stereocenters. The first-order valence-electron chi connectivity index (χ1n) is 7.63. The Morgan fingerprint density at radius 3 is 2.60 bits per heavy atom. The monoisotopic (exact) mass is 279 g/mol. The number of likely N-dealkylation sites (N-methyl/N-ethyl adjacent to an activating group) is 1. The molecule has 0 aliphatic carbocycles. The zero-order chi connectivity index (χ0) is 14.4. The van der Waals surface area contributed by atoms with E-state index in [0.29, 0.717) is 6.42 Å². The van der Waals surface area contributed by atoms with Crippen LogP contribution in [0.3, 0.4) is 0 Å². The number of rotatable bonds is 6. The second-order valence-electron chi connectivity index (χ2n) is 6.09. The summed E-state index contributed by atoms with van der Waals surface area (Å²) >= 11 is 0. The molecule has 20 heavy (non-hydrogen) atoms. The molecule has 0 unspecified atom stereocenters. The molecule has 1 aliphatic rings. The molecular formula is C16H27N2O2+. The summed E-state index contributed by atoms with van der Waals surface area (Å²) in [6.07, 6.45) is 4.56. The Balaban J connectivity index is 1.83. The Labute approximate surface area is 121 Å². The first-order valence-corrected chi connectivity index (χ1v) is 7.63. The Morgan fingerprint density at radius 2 is 1.95 bits per heavy atom. The van der Waals surface area contributed by atoms with Crippen molar-refractivity contribution in [2.24, 2.45) is 0 Å². The van der Waals surface area contributed by atoms with Gasteiger partial charge >= 0.3 is 0 Å². The molecule has 1 aliphatic heterocycles. The van der Waals surface area contributed by atoms with Gasteiger partial charge in [-0.25, -0.2) is 0 Å². The molecule has 4 heteroatoms. The molecular weight excluding hydrogens is 252 g/mol. The SMILES string of the molecule is C[N+]1(CCNc2ccc(CCO)c(O)c2)CCCCC1. The fraction of sp³-hybridized carbons (Fsp3) is 0.625. The number of nitrogens with zero attached hydrogens (tertiary/aromatic N) is 1. The van der Waals surface area contributed by atoms with Gasteiger partial charge in [0.25, 0.3) is 0 Å². The quantitative estimate of drug-likeness (QED) is 0.698. The lowest BCUT2D eigenvalue weighted by Gasteiger charge is -2.37. The standard InChI is InChI=1S/C16H26N2O2/c1-18(9-3-2-4-10-18)11-8-17-15-6-5-14(7-12-19)16(20)13-15/h5-6,13,17,19H,2-4,7-12H2,1H3/p+1. The highest BCUT2D eigenvalue weighted by atomic mass is 16.3. The molecule has 1 heterocycles. The van der Waals surface area contributed by atoms with Crippen LogP contribution in [0.4, 0.5) is 5.69 Å². The highest BCUT2D eigenvalue weighted by Gasteiger charge is 2.23. The van der Waals surface area contributed by atoms with Crippen molar-refractivity contribution in [2.45, 2.75) is 25.7 Å². The zero-order valence-electron chi connectivity index (χ0n) is 12.4. The van der Waals surface area contributed by atoms with E-state index in [0.717, 1.165) is 28.8 Å². The highest BCUT2D eigenvalue weighted by Crippen LogP contribution is 2.22. The van der Waals surface area contributed by atoms with Crippen molar-refractivity contribution in [1.82, 2.24) is 0 Å². The lowest BCUT2D eigenvalue weighted by molar-refractivity contribution is -0.912. The first-order chi connectivity index (χ1) is 9.63. The number of hydrogen-bond acceptors (Lipinski definition) is 3. The number of anilines is 1. The fourth-order valence-corrected chi connectivity index (χ4v) is 2.98. The summed E-state index contributed by atoms with van der Waals surface area (Å²) in [4.78, 5) is 0. The molecule has 1 fully saturated rings. The summed E-state index contributed by atoms with van der Waals surface area (Å²) in [5.41, 5.74) is 1.75. The van der Waals surface area contributed by atoms with Crippen LogP contribution in [-0.4, -0.2) is 54.5 Å². The third-order valence-corrected chi connectivity index (χ3v) is 4.34. The number of quaternary nitrogens is 1. The van der Waals surface area contributed by atoms with E-state index in [1.165, 1.54) is 32.4 Å². The number of piperidine rings is 1. The molecule has 0 amide bonds. The van der Waals surface area contributed by atoms with E-state index in [1.54, 1.807) is 6.07 Å². The van der Waals surface area contributed by atoms with Crippen LogP contribution >= 0.6 is 0 Å². The number of hydrogen-bond donors (Lipinski definition) is 3. The minimum absolute atomic E-state index is 0.0656. The van der Waals surface area contributed by atoms with E-state index >= 15 is 0 Å². The van der Waals surface area contributed by atoms with E-state index < -0.39 is 0 Å². The van der Waals surface area contributed by atoms with Gasteiger partial charge in [0.05, 0.1) is 33.2 Å². The summed E-state index contributed by atoms with van der Waals surface area (Å²) in [6.45, 7) is 4.68. The Hall–Kier alpha value is -1.26. The number of phenolic OH excluding ortho intramolecular Hbond substituents is 1. The fourth-order valence-electron chi connectivity index (χ4n) is 2.98. The van der Waals surface area contributed by atoms with Crippen molar-refractivity contribution in [3.05, 3.63) is 23.8 Å². The van der Waals surface area contributed by atoms with Crippen molar-refractivity contribution in [3.63, 3.8) is 0 Å². The molecule has 2 rings (SSSR count). The molecule has 0 bridgehead atoms.